The summed E-state index contributed by atoms with van der Waals surface area (Å²) in [5.41, 5.74) is 0.205. The Morgan fingerprint density at radius 2 is 1.68 bits per heavy atom. The van der Waals surface area contributed by atoms with Gasteiger partial charge in [-0.05, 0) is 23.8 Å². The maximum atomic E-state index is 13.0. The van der Waals surface area contributed by atoms with E-state index in [1.54, 1.807) is 0 Å². The Labute approximate surface area is 123 Å². The van der Waals surface area contributed by atoms with Crippen molar-refractivity contribution in [2.75, 3.05) is 7.11 Å². The fourth-order valence-corrected chi connectivity index (χ4v) is 2.04. The zero-order valence-electron chi connectivity index (χ0n) is 11.3. The van der Waals surface area contributed by atoms with Crippen LogP contribution in [0, 0.1) is 0 Å². The summed E-state index contributed by atoms with van der Waals surface area (Å²) in [6.45, 7) is 0. The third-order valence-corrected chi connectivity index (χ3v) is 2.86. The van der Waals surface area contributed by atoms with Crippen LogP contribution in [0.4, 0.5) is 22.0 Å². The minimum atomic E-state index is -4.83. The van der Waals surface area contributed by atoms with Gasteiger partial charge in [0.05, 0.1) is 12.7 Å². The lowest BCUT2D eigenvalue weighted by molar-refractivity contribution is -0.274. The number of rotatable bonds is 4. The molecule has 2 aromatic carbocycles. The Kier molecular flexibility index (Phi) is 4.54. The Morgan fingerprint density at radius 1 is 1.00 bits per heavy atom. The second-order valence-electron chi connectivity index (χ2n) is 4.30. The smallest absolute Gasteiger partial charge is 0.496 e. The van der Waals surface area contributed by atoms with Gasteiger partial charge in [0.2, 0.25) is 0 Å². The van der Waals surface area contributed by atoms with E-state index in [0.29, 0.717) is 0 Å². The second-order valence-corrected chi connectivity index (χ2v) is 4.30. The Bertz CT molecular complexity index is 653. The molecule has 7 heteroatoms. The summed E-state index contributed by atoms with van der Waals surface area (Å²) in [5.74, 6) is -0.517. The van der Waals surface area contributed by atoms with Crippen molar-refractivity contribution in [1.82, 2.24) is 0 Å². The SMILES string of the molecule is COc1c(-c2cccc(OC(F)(F)F)c2)cccc1C(F)F. The van der Waals surface area contributed by atoms with Gasteiger partial charge in [-0.3, -0.25) is 0 Å². The molecular formula is C15H11F5O2. The van der Waals surface area contributed by atoms with Crippen molar-refractivity contribution in [3.63, 3.8) is 0 Å². The number of methoxy groups -OCH3 is 1. The second kappa shape index (κ2) is 6.21. The van der Waals surface area contributed by atoms with Crippen molar-refractivity contribution < 1.29 is 31.4 Å². The summed E-state index contributed by atoms with van der Waals surface area (Å²) < 4.78 is 71.5. The number of alkyl halides is 5. The fraction of sp³-hybridized carbons (Fsp3) is 0.200. The molecule has 0 aliphatic rings. The van der Waals surface area contributed by atoms with Crippen LogP contribution in [0.1, 0.15) is 12.0 Å². The molecule has 0 N–H and O–H groups in total. The van der Waals surface area contributed by atoms with E-state index in [9.17, 15) is 22.0 Å². The molecule has 22 heavy (non-hydrogen) atoms. The molecule has 2 rings (SSSR count). The van der Waals surface area contributed by atoms with E-state index < -0.39 is 18.5 Å². The van der Waals surface area contributed by atoms with Gasteiger partial charge in [0.25, 0.3) is 6.43 Å². The van der Waals surface area contributed by atoms with Crippen molar-refractivity contribution in [3.8, 4) is 22.6 Å². The molecule has 2 aromatic rings. The van der Waals surface area contributed by atoms with Gasteiger partial charge in [0.1, 0.15) is 11.5 Å². The van der Waals surface area contributed by atoms with E-state index >= 15 is 0 Å². The number of para-hydroxylation sites is 1. The monoisotopic (exact) mass is 318 g/mol. The van der Waals surface area contributed by atoms with Crippen molar-refractivity contribution in [2.45, 2.75) is 12.8 Å². The number of hydrogen-bond donors (Lipinski definition) is 0. The Hall–Kier alpha value is -2.31. The topological polar surface area (TPSA) is 18.5 Å². The maximum absolute atomic E-state index is 13.0. The molecule has 0 saturated carbocycles. The zero-order chi connectivity index (χ0) is 16.3. The Balaban J connectivity index is 2.48. The molecule has 0 saturated heterocycles. The first-order valence-electron chi connectivity index (χ1n) is 6.13. The minimum Gasteiger partial charge on any atom is -0.496 e. The van der Waals surface area contributed by atoms with Crippen molar-refractivity contribution in [1.29, 1.82) is 0 Å². The van der Waals surface area contributed by atoms with Crippen LogP contribution in [-0.4, -0.2) is 13.5 Å². The zero-order valence-corrected chi connectivity index (χ0v) is 11.3. The van der Waals surface area contributed by atoms with Gasteiger partial charge in [-0.15, -0.1) is 13.2 Å². The van der Waals surface area contributed by atoms with Gasteiger partial charge < -0.3 is 9.47 Å². The number of hydrogen-bond acceptors (Lipinski definition) is 2. The molecule has 0 spiro atoms. The summed E-state index contributed by atoms with van der Waals surface area (Å²) in [7, 11) is 1.22. The molecule has 0 aromatic heterocycles. The minimum absolute atomic E-state index is 0.0818. The highest BCUT2D eigenvalue weighted by Crippen LogP contribution is 2.39. The average Bonchev–Trinajstić information content (AvgIpc) is 2.44. The predicted octanol–water partition coefficient (Wildman–Crippen LogP) is 5.20. The van der Waals surface area contributed by atoms with Crippen LogP contribution in [0.3, 0.4) is 0 Å². The normalized spacial score (nSPS) is 11.6. The molecule has 0 amide bonds. The summed E-state index contributed by atoms with van der Waals surface area (Å²) in [6.07, 6.45) is -7.59. The molecule has 0 aliphatic carbocycles. The van der Waals surface area contributed by atoms with Crippen molar-refractivity contribution in [2.24, 2.45) is 0 Å². The van der Waals surface area contributed by atoms with Crippen LogP contribution in [0.2, 0.25) is 0 Å². The predicted molar refractivity (Wildman–Crippen MR) is 70.1 cm³/mol. The van der Waals surface area contributed by atoms with Gasteiger partial charge in [-0.1, -0.05) is 24.3 Å². The van der Waals surface area contributed by atoms with Crippen LogP contribution in [0.25, 0.3) is 11.1 Å². The van der Waals surface area contributed by atoms with Crippen molar-refractivity contribution in [3.05, 3.63) is 48.0 Å². The first kappa shape index (κ1) is 16.1. The molecule has 0 fully saturated rings. The van der Waals surface area contributed by atoms with E-state index in [-0.39, 0.29) is 22.4 Å². The van der Waals surface area contributed by atoms with Gasteiger partial charge in [0, 0.05) is 5.56 Å². The summed E-state index contributed by atoms with van der Waals surface area (Å²) in [5, 5.41) is 0. The van der Waals surface area contributed by atoms with Crippen LogP contribution in [-0.2, 0) is 0 Å². The van der Waals surface area contributed by atoms with Crippen LogP contribution in [0.15, 0.2) is 42.5 Å². The van der Waals surface area contributed by atoms with Gasteiger partial charge in [-0.25, -0.2) is 8.78 Å². The lowest BCUT2D eigenvalue weighted by atomic mass is 10.0. The number of ether oxygens (including phenoxy) is 2. The van der Waals surface area contributed by atoms with E-state index in [0.717, 1.165) is 12.1 Å². The molecule has 118 valence electrons. The molecule has 0 aliphatic heterocycles. The highest BCUT2D eigenvalue weighted by atomic mass is 19.4. The quantitative estimate of drug-likeness (QED) is 0.722. The highest BCUT2D eigenvalue weighted by molar-refractivity contribution is 5.73. The lowest BCUT2D eigenvalue weighted by Gasteiger charge is -2.14. The van der Waals surface area contributed by atoms with Gasteiger partial charge >= 0.3 is 6.36 Å². The molecule has 0 unspecified atom stereocenters. The van der Waals surface area contributed by atoms with E-state index in [1.165, 1.54) is 37.4 Å². The third kappa shape index (κ3) is 3.66. The van der Waals surface area contributed by atoms with E-state index in [1.807, 2.05) is 0 Å². The molecule has 0 radical (unpaired) electrons. The average molecular weight is 318 g/mol. The van der Waals surface area contributed by atoms with Gasteiger partial charge in [0.15, 0.2) is 0 Å². The standard InChI is InChI=1S/C15H11F5O2/c1-21-13-11(6-3-7-12(13)14(16)17)9-4-2-5-10(8-9)22-15(18,19)20/h2-8,14H,1H3. The van der Waals surface area contributed by atoms with E-state index in [2.05, 4.69) is 4.74 Å². The highest BCUT2D eigenvalue weighted by Gasteiger charge is 2.31. The molecular weight excluding hydrogens is 307 g/mol. The third-order valence-electron chi connectivity index (χ3n) is 2.86. The van der Waals surface area contributed by atoms with Gasteiger partial charge in [-0.2, -0.15) is 0 Å². The largest absolute Gasteiger partial charge is 0.573 e. The number of halogens is 5. The fourth-order valence-electron chi connectivity index (χ4n) is 2.04. The van der Waals surface area contributed by atoms with Crippen LogP contribution in [0.5, 0.6) is 11.5 Å². The van der Waals surface area contributed by atoms with E-state index in [4.69, 9.17) is 4.74 Å². The lowest BCUT2D eigenvalue weighted by Crippen LogP contribution is -2.17. The molecule has 0 atom stereocenters. The summed E-state index contributed by atoms with van der Waals surface area (Å²) in [6, 6.07) is 9.12. The molecule has 0 heterocycles. The van der Waals surface area contributed by atoms with Crippen molar-refractivity contribution >= 4 is 0 Å². The molecule has 0 bridgehead atoms. The van der Waals surface area contributed by atoms with Crippen LogP contribution >= 0.6 is 0 Å². The molecule has 2 nitrogen and oxygen atoms in total. The first-order chi connectivity index (χ1) is 10.3. The number of benzene rings is 2. The summed E-state index contributed by atoms with van der Waals surface area (Å²) >= 11 is 0. The first-order valence-corrected chi connectivity index (χ1v) is 6.13. The summed E-state index contributed by atoms with van der Waals surface area (Å²) in [4.78, 5) is 0. The van der Waals surface area contributed by atoms with Crippen LogP contribution < -0.4 is 9.47 Å². The Morgan fingerprint density at radius 3 is 2.27 bits per heavy atom. The maximum Gasteiger partial charge on any atom is 0.573 e.